The summed E-state index contributed by atoms with van der Waals surface area (Å²) >= 11 is 0. The molecule has 1 rings (SSSR count). The maximum Gasteiger partial charge on any atom is 0.250 e. The van der Waals surface area contributed by atoms with Crippen molar-refractivity contribution in [3.05, 3.63) is 39.8 Å². The van der Waals surface area contributed by atoms with Crippen LogP contribution >= 0.6 is 0 Å². The summed E-state index contributed by atoms with van der Waals surface area (Å²) in [5.41, 5.74) is -2.28. The second kappa shape index (κ2) is 4.83. The SMILES string of the molecule is CS(=O)(=O)/C(F)=C(/F)c1c(F)c(F)c(F)c(F)c1F. The predicted molar refractivity (Wildman–Crippen MR) is 50.2 cm³/mol. The molecule has 0 bridgehead atoms. The number of halogens is 7. The lowest BCUT2D eigenvalue weighted by Crippen LogP contribution is -2.08. The van der Waals surface area contributed by atoms with Crippen molar-refractivity contribution in [2.24, 2.45) is 0 Å². The lowest BCUT2D eigenvalue weighted by atomic mass is 10.1. The zero-order valence-corrected chi connectivity index (χ0v) is 9.69. The standard InChI is InChI=1S/C9H3F7O2S/c1-19(17,18)9(16)5(12)2-3(10)6(13)8(15)7(14)4(2)11/h1H3/b9-5+. The van der Waals surface area contributed by atoms with Crippen LogP contribution in [0.15, 0.2) is 5.16 Å². The summed E-state index contributed by atoms with van der Waals surface area (Å²) < 4.78 is 112. The lowest BCUT2D eigenvalue weighted by molar-refractivity contribution is 0.374. The lowest BCUT2D eigenvalue weighted by Gasteiger charge is -2.06. The Morgan fingerprint density at radius 3 is 1.42 bits per heavy atom. The van der Waals surface area contributed by atoms with E-state index in [2.05, 4.69) is 0 Å². The highest BCUT2D eigenvalue weighted by Gasteiger charge is 2.31. The first kappa shape index (κ1) is 15.5. The second-order valence-corrected chi connectivity index (χ2v) is 5.21. The van der Waals surface area contributed by atoms with Crippen molar-refractivity contribution in [3.8, 4) is 0 Å². The van der Waals surface area contributed by atoms with Gasteiger partial charge in [0.25, 0.3) is 5.16 Å². The molecule has 0 heterocycles. The molecule has 0 fully saturated rings. The van der Waals surface area contributed by atoms with E-state index in [1.54, 1.807) is 0 Å². The molecule has 0 atom stereocenters. The molecule has 0 aromatic heterocycles. The van der Waals surface area contributed by atoms with E-state index < -0.39 is 55.5 Å². The Hall–Kier alpha value is -1.58. The van der Waals surface area contributed by atoms with Crippen LogP contribution in [0.1, 0.15) is 5.56 Å². The Labute approximate surface area is 102 Å². The van der Waals surface area contributed by atoms with Crippen molar-refractivity contribution in [2.75, 3.05) is 6.26 Å². The van der Waals surface area contributed by atoms with Crippen LogP contribution < -0.4 is 0 Å². The molecule has 0 saturated carbocycles. The molecule has 0 aliphatic heterocycles. The molecular weight excluding hydrogens is 305 g/mol. The fourth-order valence-electron chi connectivity index (χ4n) is 1.06. The fraction of sp³-hybridized carbons (Fsp3) is 0.111. The van der Waals surface area contributed by atoms with Gasteiger partial charge in [-0.05, 0) is 0 Å². The van der Waals surface area contributed by atoms with Crippen molar-refractivity contribution in [1.29, 1.82) is 0 Å². The van der Waals surface area contributed by atoms with Crippen LogP contribution in [0.3, 0.4) is 0 Å². The van der Waals surface area contributed by atoms with Gasteiger partial charge in [0, 0.05) is 6.26 Å². The molecule has 0 amide bonds. The molecule has 0 aliphatic rings. The Morgan fingerprint density at radius 2 is 1.11 bits per heavy atom. The van der Waals surface area contributed by atoms with E-state index in [1.807, 2.05) is 0 Å². The van der Waals surface area contributed by atoms with Gasteiger partial charge in [0.1, 0.15) is 0 Å². The highest BCUT2D eigenvalue weighted by atomic mass is 32.2. The second-order valence-electron chi connectivity index (χ2n) is 3.30. The quantitative estimate of drug-likeness (QED) is 0.478. The Bertz CT molecular complexity index is 649. The molecule has 2 nitrogen and oxygen atoms in total. The van der Waals surface area contributed by atoms with Gasteiger partial charge in [0.2, 0.25) is 15.7 Å². The average Bonchev–Trinajstić information content (AvgIpc) is 2.31. The van der Waals surface area contributed by atoms with Crippen molar-refractivity contribution < 1.29 is 39.2 Å². The number of hydrogen-bond donors (Lipinski definition) is 0. The molecule has 0 saturated heterocycles. The van der Waals surface area contributed by atoms with E-state index in [-0.39, 0.29) is 6.26 Å². The molecular formula is C9H3F7O2S. The first-order valence-electron chi connectivity index (χ1n) is 4.27. The minimum atomic E-state index is -4.85. The van der Waals surface area contributed by atoms with Gasteiger partial charge in [-0.15, -0.1) is 0 Å². The smallest absolute Gasteiger partial charge is 0.221 e. The Kier molecular flexibility index (Phi) is 3.94. The van der Waals surface area contributed by atoms with Crippen molar-refractivity contribution >= 4 is 15.7 Å². The fourth-order valence-corrected chi connectivity index (χ4v) is 1.49. The van der Waals surface area contributed by atoms with Crippen LogP contribution in [0.25, 0.3) is 5.83 Å². The van der Waals surface area contributed by atoms with E-state index in [0.29, 0.717) is 0 Å². The minimum absolute atomic E-state index is 0.147. The topological polar surface area (TPSA) is 34.1 Å². The van der Waals surface area contributed by atoms with Crippen molar-refractivity contribution in [2.45, 2.75) is 0 Å². The zero-order valence-electron chi connectivity index (χ0n) is 8.87. The van der Waals surface area contributed by atoms with Crippen LogP contribution in [0.5, 0.6) is 0 Å². The van der Waals surface area contributed by atoms with E-state index in [4.69, 9.17) is 0 Å². The summed E-state index contributed by atoms with van der Waals surface area (Å²) in [6.07, 6.45) is 0.147. The van der Waals surface area contributed by atoms with Crippen LogP contribution in [0.2, 0.25) is 0 Å². The Balaban J connectivity index is 3.81. The van der Waals surface area contributed by atoms with Crippen LogP contribution in [-0.4, -0.2) is 14.7 Å². The van der Waals surface area contributed by atoms with Gasteiger partial charge in [-0.2, -0.15) is 4.39 Å². The first-order chi connectivity index (χ1) is 8.50. The average molecular weight is 308 g/mol. The molecule has 0 unspecified atom stereocenters. The Morgan fingerprint density at radius 1 is 0.789 bits per heavy atom. The molecule has 0 radical (unpaired) electrons. The zero-order chi connectivity index (χ0) is 15.1. The number of hydrogen-bond acceptors (Lipinski definition) is 2. The first-order valence-corrected chi connectivity index (χ1v) is 6.16. The number of rotatable bonds is 2. The van der Waals surface area contributed by atoms with Gasteiger partial charge >= 0.3 is 0 Å². The summed E-state index contributed by atoms with van der Waals surface area (Å²) in [5, 5.41) is -2.64. The van der Waals surface area contributed by atoms with E-state index in [1.165, 1.54) is 0 Å². The predicted octanol–water partition coefficient (Wildman–Crippen LogP) is 2.99. The van der Waals surface area contributed by atoms with E-state index in [9.17, 15) is 39.2 Å². The van der Waals surface area contributed by atoms with Crippen LogP contribution in [0.4, 0.5) is 30.7 Å². The molecule has 10 heteroatoms. The maximum absolute atomic E-state index is 13.2. The van der Waals surface area contributed by atoms with Crippen molar-refractivity contribution in [3.63, 3.8) is 0 Å². The molecule has 0 N–H and O–H groups in total. The van der Waals surface area contributed by atoms with Crippen molar-refractivity contribution in [1.82, 2.24) is 0 Å². The highest BCUT2D eigenvalue weighted by molar-refractivity contribution is 7.94. The van der Waals surface area contributed by atoms with Gasteiger partial charge in [-0.3, -0.25) is 0 Å². The molecule has 0 aliphatic carbocycles. The largest absolute Gasteiger partial charge is 0.250 e. The third-order valence-electron chi connectivity index (χ3n) is 1.93. The van der Waals surface area contributed by atoms with Gasteiger partial charge < -0.3 is 0 Å². The highest BCUT2D eigenvalue weighted by Crippen LogP contribution is 2.32. The minimum Gasteiger partial charge on any atom is -0.221 e. The van der Waals surface area contributed by atoms with Gasteiger partial charge in [0.05, 0.1) is 5.56 Å². The summed E-state index contributed by atoms with van der Waals surface area (Å²) in [4.78, 5) is 0. The van der Waals surface area contributed by atoms with Crippen LogP contribution in [-0.2, 0) is 9.84 Å². The van der Waals surface area contributed by atoms with Crippen LogP contribution in [0, 0.1) is 29.1 Å². The number of sulfone groups is 1. The van der Waals surface area contributed by atoms with E-state index in [0.717, 1.165) is 0 Å². The molecule has 1 aromatic rings. The summed E-state index contributed by atoms with van der Waals surface area (Å²) in [6, 6.07) is 0. The molecule has 106 valence electrons. The summed E-state index contributed by atoms with van der Waals surface area (Å²) in [6.45, 7) is 0. The van der Waals surface area contributed by atoms with Gasteiger partial charge in [-0.25, -0.2) is 34.8 Å². The molecule has 19 heavy (non-hydrogen) atoms. The molecule has 0 spiro atoms. The molecule has 1 aromatic carbocycles. The number of benzene rings is 1. The third kappa shape index (κ3) is 2.57. The normalized spacial score (nSPS) is 13.5. The van der Waals surface area contributed by atoms with Gasteiger partial charge in [0.15, 0.2) is 29.1 Å². The van der Waals surface area contributed by atoms with E-state index >= 15 is 0 Å². The third-order valence-corrected chi connectivity index (χ3v) is 2.76. The maximum atomic E-state index is 13.2. The summed E-state index contributed by atoms with van der Waals surface area (Å²) in [7, 11) is -4.85. The monoisotopic (exact) mass is 308 g/mol. The van der Waals surface area contributed by atoms with Gasteiger partial charge in [-0.1, -0.05) is 0 Å². The summed E-state index contributed by atoms with van der Waals surface area (Å²) in [5.74, 6) is -15.7.